The Labute approximate surface area is 104 Å². The Kier molecular flexibility index (Phi) is 5.04. The van der Waals surface area contributed by atoms with Gasteiger partial charge in [0.1, 0.15) is 12.0 Å². The monoisotopic (exact) mass is 253 g/mol. The van der Waals surface area contributed by atoms with Crippen molar-refractivity contribution in [2.24, 2.45) is 5.92 Å². The molecular formula is C11H15N3O4. The highest BCUT2D eigenvalue weighted by molar-refractivity contribution is 5.69. The van der Waals surface area contributed by atoms with E-state index >= 15 is 0 Å². The van der Waals surface area contributed by atoms with Crippen molar-refractivity contribution in [1.29, 1.82) is 0 Å². The summed E-state index contributed by atoms with van der Waals surface area (Å²) >= 11 is 0. The molecule has 0 saturated heterocycles. The van der Waals surface area contributed by atoms with E-state index in [-0.39, 0.29) is 11.6 Å². The molecule has 2 N–H and O–H groups in total. The van der Waals surface area contributed by atoms with E-state index in [1.54, 1.807) is 6.92 Å². The molecule has 0 fully saturated rings. The summed E-state index contributed by atoms with van der Waals surface area (Å²) in [6.45, 7) is 2.24. The Hall–Kier alpha value is -2.18. The first-order valence-corrected chi connectivity index (χ1v) is 5.58. The summed E-state index contributed by atoms with van der Waals surface area (Å²) in [5.41, 5.74) is -0.0555. The molecule has 1 unspecified atom stereocenters. The molecule has 7 nitrogen and oxygen atoms in total. The van der Waals surface area contributed by atoms with Crippen molar-refractivity contribution in [2.45, 2.75) is 19.8 Å². The Morgan fingerprint density at radius 2 is 2.33 bits per heavy atom. The van der Waals surface area contributed by atoms with E-state index < -0.39 is 10.9 Å². The molecule has 0 aliphatic rings. The van der Waals surface area contributed by atoms with Crippen LogP contribution in [-0.4, -0.2) is 27.5 Å². The Bertz CT molecular complexity index is 419. The molecule has 1 heterocycles. The summed E-state index contributed by atoms with van der Waals surface area (Å²) in [6, 6.07) is 2.90. The number of nitrogens with one attached hydrogen (secondary N) is 1. The largest absolute Gasteiger partial charge is 0.481 e. The molecule has 1 rings (SSSR count). The van der Waals surface area contributed by atoms with Crippen LogP contribution in [0.3, 0.4) is 0 Å². The van der Waals surface area contributed by atoms with Crippen LogP contribution in [0.15, 0.2) is 18.3 Å². The third-order valence-corrected chi connectivity index (χ3v) is 2.50. The summed E-state index contributed by atoms with van der Waals surface area (Å²) < 4.78 is 0. The predicted octanol–water partition coefficient (Wildman–Crippen LogP) is 1.90. The van der Waals surface area contributed by atoms with Crippen LogP contribution in [0.1, 0.15) is 19.8 Å². The van der Waals surface area contributed by atoms with Crippen LogP contribution >= 0.6 is 0 Å². The number of aliphatic carboxylic acids is 1. The molecule has 0 bridgehead atoms. The lowest BCUT2D eigenvalue weighted by Gasteiger charge is -2.07. The van der Waals surface area contributed by atoms with E-state index in [9.17, 15) is 14.9 Å². The van der Waals surface area contributed by atoms with Crippen LogP contribution in [0.5, 0.6) is 0 Å². The summed E-state index contributed by atoms with van der Waals surface area (Å²) in [7, 11) is 0. The number of pyridine rings is 1. The molecule has 0 radical (unpaired) electrons. The van der Waals surface area contributed by atoms with Gasteiger partial charge in [-0.3, -0.25) is 14.9 Å². The minimum absolute atomic E-state index is 0.0555. The molecule has 1 aromatic rings. The van der Waals surface area contributed by atoms with Gasteiger partial charge < -0.3 is 10.4 Å². The van der Waals surface area contributed by atoms with Gasteiger partial charge in [0.05, 0.1) is 10.8 Å². The van der Waals surface area contributed by atoms with E-state index in [1.165, 1.54) is 18.3 Å². The third-order valence-electron chi connectivity index (χ3n) is 2.50. The van der Waals surface area contributed by atoms with Crippen molar-refractivity contribution in [2.75, 3.05) is 11.9 Å². The van der Waals surface area contributed by atoms with Gasteiger partial charge in [-0.2, -0.15) is 0 Å². The number of anilines is 1. The lowest BCUT2D eigenvalue weighted by molar-refractivity contribution is -0.385. The van der Waals surface area contributed by atoms with Crippen molar-refractivity contribution in [1.82, 2.24) is 4.98 Å². The first-order valence-electron chi connectivity index (χ1n) is 5.58. The molecule has 1 aromatic heterocycles. The number of hydrogen-bond donors (Lipinski definition) is 2. The van der Waals surface area contributed by atoms with Crippen molar-refractivity contribution in [3.8, 4) is 0 Å². The molecule has 0 aromatic carbocycles. The number of carboxylic acid groups (broad SMARTS) is 1. The fourth-order valence-electron chi connectivity index (χ4n) is 1.35. The average molecular weight is 253 g/mol. The van der Waals surface area contributed by atoms with E-state index in [4.69, 9.17) is 5.11 Å². The molecule has 7 heteroatoms. The lowest BCUT2D eigenvalue weighted by atomic mass is 10.1. The van der Waals surface area contributed by atoms with Gasteiger partial charge in [-0.1, -0.05) is 6.92 Å². The summed E-state index contributed by atoms with van der Waals surface area (Å²) in [6.07, 6.45) is 2.46. The number of nitrogens with zero attached hydrogens (tertiary/aromatic N) is 2. The average Bonchev–Trinajstić information content (AvgIpc) is 2.34. The van der Waals surface area contributed by atoms with Crippen molar-refractivity contribution >= 4 is 17.5 Å². The van der Waals surface area contributed by atoms with E-state index in [2.05, 4.69) is 10.3 Å². The number of carboxylic acids is 1. The quantitative estimate of drug-likeness (QED) is 0.436. The van der Waals surface area contributed by atoms with Gasteiger partial charge in [0.25, 0.3) is 5.69 Å². The maximum absolute atomic E-state index is 10.6. The SMILES string of the molecule is CC(CCCNc1ccc([N+](=O)[O-])cn1)C(=O)O. The number of hydrogen-bond acceptors (Lipinski definition) is 5. The van der Waals surface area contributed by atoms with Crippen molar-refractivity contribution in [3.63, 3.8) is 0 Å². The Morgan fingerprint density at radius 1 is 1.61 bits per heavy atom. The maximum atomic E-state index is 10.6. The van der Waals surface area contributed by atoms with Crippen molar-refractivity contribution in [3.05, 3.63) is 28.4 Å². The molecule has 98 valence electrons. The van der Waals surface area contributed by atoms with Gasteiger partial charge in [0, 0.05) is 12.6 Å². The zero-order valence-corrected chi connectivity index (χ0v) is 10.00. The fourth-order valence-corrected chi connectivity index (χ4v) is 1.35. The van der Waals surface area contributed by atoms with Gasteiger partial charge in [-0.05, 0) is 18.9 Å². The molecule has 18 heavy (non-hydrogen) atoms. The molecular weight excluding hydrogens is 238 g/mol. The van der Waals surface area contributed by atoms with Gasteiger partial charge in [0.15, 0.2) is 0 Å². The third kappa shape index (κ3) is 4.36. The van der Waals surface area contributed by atoms with E-state index in [0.29, 0.717) is 25.2 Å². The highest BCUT2D eigenvalue weighted by Crippen LogP contribution is 2.12. The van der Waals surface area contributed by atoms with Gasteiger partial charge in [0.2, 0.25) is 0 Å². The van der Waals surface area contributed by atoms with Crippen LogP contribution in [-0.2, 0) is 4.79 Å². The van der Waals surface area contributed by atoms with Crippen LogP contribution in [0.2, 0.25) is 0 Å². The van der Waals surface area contributed by atoms with Crippen molar-refractivity contribution < 1.29 is 14.8 Å². The molecule has 0 aliphatic heterocycles. The first kappa shape index (κ1) is 13.9. The maximum Gasteiger partial charge on any atom is 0.306 e. The highest BCUT2D eigenvalue weighted by Gasteiger charge is 2.09. The van der Waals surface area contributed by atoms with E-state index in [0.717, 1.165) is 0 Å². The zero-order chi connectivity index (χ0) is 13.5. The number of aromatic nitrogens is 1. The highest BCUT2D eigenvalue weighted by atomic mass is 16.6. The van der Waals surface area contributed by atoms with Gasteiger partial charge >= 0.3 is 5.97 Å². The van der Waals surface area contributed by atoms with Gasteiger partial charge in [-0.15, -0.1) is 0 Å². The normalized spacial score (nSPS) is 11.8. The smallest absolute Gasteiger partial charge is 0.306 e. The Morgan fingerprint density at radius 3 is 2.83 bits per heavy atom. The number of rotatable bonds is 7. The van der Waals surface area contributed by atoms with Crippen LogP contribution < -0.4 is 5.32 Å². The second kappa shape index (κ2) is 6.53. The topological polar surface area (TPSA) is 105 Å². The van der Waals surface area contributed by atoms with Crippen LogP contribution in [0, 0.1) is 16.0 Å². The standard InChI is InChI=1S/C11H15N3O4/c1-8(11(15)16)3-2-6-12-10-5-4-9(7-13-10)14(17)18/h4-5,7-8H,2-3,6H2,1H3,(H,12,13)(H,15,16). The first-order chi connectivity index (χ1) is 8.50. The van der Waals surface area contributed by atoms with Crippen LogP contribution in [0.25, 0.3) is 0 Å². The Balaban J connectivity index is 2.31. The molecule has 0 saturated carbocycles. The second-order valence-corrected chi connectivity index (χ2v) is 3.97. The number of carbonyl (C=O) groups is 1. The second-order valence-electron chi connectivity index (χ2n) is 3.97. The minimum atomic E-state index is -0.802. The zero-order valence-electron chi connectivity index (χ0n) is 10.00. The summed E-state index contributed by atoms with van der Waals surface area (Å²) in [5.74, 6) is -0.622. The summed E-state index contributed by atoms with van der Waals surface area (Å²) in [4.78, 5) is 24.3. The number of nitro groups is 1. The summed E-state index contributed by atoms with van der Waals surface area (Å²) in [5, 5.41) is 22.1. The van der Waals surface area contributed by atoms with E-state index in [1.807, 2.05) is 0 Å². The lowest BCUT2D eigenvalue weighted by Crippen LogP contribution is -2.11. The minimum Gasteiger partial charge on any atom is -0.481 e. The fraction of sp³-hybridized carbons (Fsp3) is 0.455. The molecule has 0 aliphatic carbocycles. The predicted molar refractivity (Wildman–Crippen MR) is 65.4 cm³/mol. The van der Waals surface area contributed by atoms with Gasteiger partial charge in [-0.25, -0.2) is 4.98 Å². The molecule has 0 amide bonds. The van der Waals surface area contributed by atoms with Crippen LogP contribution in [0.4, 0.5) is 11.5 Å². The molecule has 1 atom stereocenters. The molecule has 0 spiro atoms.